The van der Waals surface area contributed by atoms with Crippen molar-refractivity contribution in [2.24, 2.45) is 5.92 Å². The molecule has 1 aliphatic heterocycles. The van der Waals surface area contributed by atoms with Crippen LogP contribution in [-0.2, 0) is 16.6 Å². The Morgan fingerprint density at radius 3 is 2.38 bits per heavy atom. The lowest BCUT2D eigenvalue weighted by molar-refractivity contribution is 0.0699. The van der Waals surface area contributed by atoms with Crippen LogP contribution in [-0.4, -0.2) is 54.3 Å². The molecule has 0 bridgehead atoms. The fraction of sp³-hybridized carbons (Fsp3) is 0.348. The molecule has 3 aromatic rings. The Bertz CT molecular complexity index is 1260. The number of benzene rings is 2. The fourth-order valence-corrected chi connectivity index (χ4v) is 5.55. The molecule has 6 nitrogen and oxygen atoms in total. The summed E-state index contributed by atoms with van der Waals surface area (Å²) in [6.45, 7) is 5.45. The molecule has 0 unspecified atom stereocenters. The van der Waals surface area contributed by atoms with E-state index in [0.29, 0.717) is 17.5 Å². The predicted octanol–water partition coefficient (Wildman–Crippen LogP) is 3.72. The van der Waals surface area contributed by atoms with Gasteiger partial charge in [-0.25, -0.2) is 17.2 Å². The number of amides is 1. The van der Waals surface area contributed by atoms with Crippen molar-refractivity contribution in [3.63, 3.8) is 0 Å². The van der Waals surface area contributed by atoms with Gasteiger partial charge < -0.3 is 9.47 Å². The standard InChI is InChI=1S/C23H25F2N3O3S/c1-16(2)14-27-15-19(18-5-3-4-6-21(18)27)23(29)26-9-11-28(12-10-26)32(30,31)22-8-7-17(24)13-20(22)25/h3-8,13,15-16H,9-12,14H2,1-2H3. The van der Waals surface area contributed by atoms with E-state index in [9.17, 15) is 22.0 Å². The molecule has 9 heteroatoms. The third-order valence-corrected chi connectivity index (χ3v) is 7.55. The van der Waals surface area contributed by atoms with Gasteiger partial charge in [-0.05, 0) is 24.1 Å². The number of carbonyl (C=O) groups is 1. The maximum absolute atomic E-state index is 14.1. The Morgan fingerprint density at radius 1 is 1.03 bits per heavy atom. The zero-order chi connectivity index (χ0) is 23.0. The largest absolute Gasteiger partial charge is 0.346 e. The summed E-state index contributed by atoms with van der Waals surface area (Å²) in [4.78, 5) is 14.3. The van der Waals surface area contributed by atoms with E-state index < -0.39 is 26.6 Å². The molecular weight excluding hydrogens is 436 g/mol. The smallest absolute Gasteiger partial charge is 0.256 e. The number of fused-ring (bicyclic) bond motifs is 1. The summed E-state index contributed by atoms with van der Waals surface area (Å²) in [5.41, 5.74) is 1.57. The molecule has 1 amide bonds. The van der Waals surface area contributed by atoms with E-state index in [1.807, 2.05) is 30.5 Å². The lowest BCUT2D eigenvalue weighted by atomic mass is 10.1. The van der Waals surface area contributed by atoms with Crippen LogP contribution in [0.2, 0.25) is 0 Å². The third-order valence-electron chi connectivity index (χ3n) is 5.62. The monoisotopic (exact) mass is 461 g/mol. The molecule has 0 spiro atoms. The van der Waals surface area contributed by atoms with Crippen LogP contribution in [0.3, 0.4) is 0 Å². The average Bonchev–Trinajstić information content (AvgIpc) is 3.11. The zero-order valence-corrected chi connectivity index (χ0v) is 18.8. The Kier molecular flexibility index (Phi) is 6.05. The van der Waals surface area contributed by atoms with E-state index >= 15 is 0 Å². The predicted molar refractivity (Wildman–Crippen MR) is 118 cm³/mol. The first-order valence-electron chi connectivity index (χ1n) is 10.5. The minimum absolute atomic E-state index is 0.0372. The number of sulfonamides is 1. The molecule has 170 valence electrons. The highest BCUT2D eigenvalue weighted by molar-refractivity contribution is 7.89. The zero-order valence-electron chi connectivity index (χ0n) is 18.0. The molecule has 0 aliphatic carbocycles. The molecular formula is C23H25F2N3O3S. The first-order chi connectivity index (χ1) is 15.2. The molecule has 2 aromatic carbocycles. The van der Waals surface area contributed by atoms with Crippen molar-refractivity contribution >= 4 is 26.8 Å². The highest BCUT2D eigenvalue weighted by Gasteiger charge is 2.33. The van der Waals surface area contributed by atoms with Gasteiger partial charge in [0.1, 0.15) is 16.5 Å². The summed E-state index contributed by atoms with van der Waals surface area (Å²) in [5.74, 6) is -1.71. The van der Waals surface area contributed by atoms with Gasteiger partial charge in [-0.3, -0.25) is 4.79 Å². The Labute approximate surface area is 186 Å². The fourth-order valence-electron chi connectivity index (χ4n) is 4.09. The minimum atomic E-state index is -4.12. The topological polar surface area (TPSA) is 62.6 Å². The number of rotatable bonds is 5. The third kappa shape index (κ3) is 4.14. The first kappa shape index (κ1) is 22.4. The van der Waals surface area contributed by atoms with E-state index in [2.05, 4.69) is 18.4 Å². The number of carbonyl (C=O) groups excluding carboxylic acids is 1. The van der Waals surface area contributed by atoms with Gasteiger partial charge in [-0.2, -0.15) is 4.31 Å². The van der Waals surface area contributed by atoms with Crippen molar-refractivity contribution in [1.82, 2.24) is 13.8 Å². The van der Waals surface area contributed by atoms with Crippen LogP contribution in [0.4, 0.5) is 8.78 Å². The second-order valence-electron chi connectivity index (χ2n) is 8.38. The van der Waals surface area contributed by atoms with Crippen molar-refractivity contribution in [3.8, 4) is 0 Å². The normalized spacial score (nSPS) is 15.6. The van der Waals surface area contributed by atoms with Crippen molar-refractivity contribution in [2.75, 3.05) is 26.2 Å². The molecule has 0 atom stereocenters. The highest BCUT2D eigenvalue weighted by atomic mass is 32.2. The summed E-state index contributed by atoms with van der Waals surface area (Å²) in [7, 11) is -4.12. The van der Waals surface area contributed by atoms with E-state index in [0.717, 1.165) is 33.9 Å². The molecule has 4 rings (SSSR count). The Hall–Kier alpha value is -2.78. The number of piperazine rings is 1. The number of hydrogen-bond acceptors (Lipinski definition) is 3. The van der Waals surface area contributed by atoms with Crippen LogP contribution < -0.4 is 0 Å². The van der Waals surface area contributed by atoms with Gasteiger partial charge in [0, 0.05) is 55.9 Å². The van der Waals surface area contributed by atoms with E-state index in [1.165, 1.54) is 0 Å². The molecule has 1 aliphatic rings. The van der Waals surface area contributed by atoms with Gasteiger partial charge in [0.2, 0.25) is 10.0 Å². The number of aromatic nitrogens is 1. The summed E-state index contributed by atoms with van der Waals surface area (Å²) in [6.07, 6.45) is 1.87. The van der Waals surface area contributed by atoms with Gasteiger partial charge in [0.15, 0.2) is 0 Å². The van der Waals surface area contributed by atoms with Crippen molar-refractivity contribution < 1.29 is 22.0 Å². The summed E-state index contributed by atoms with van der Waals surface area (Å²) in [6, 6.07) is 10.1. The average molecular weight is 462 g/mol. The summed E-state index contributed by atoms with van der Waals surface area (Å²) < 4.78 is 56.0. The molecule has 0 radical (unpaired) electrons. The number of hydrogen-bond donors (Lipinski definition) is 0. The van der Waals surface area contributed by atoms with Gasteiger partial charge in [0.05, 0.1) is 5.56 Å². The van der Waals surface area contributed by atoms with E-state index in [-0.39, 0.29) is 32.1 Å². The lowest BCUT2D eigenvalue weighted by Crippen LogP contribution is -2.50. The molecule has 2 heterocycles. The van der Waals surface area contributed by atoms with Crippen molar-refractivity contribution in [2.45, 2.75) is 25.3 Å². The molecule has 1 fully saturated rings. The van der Waals surface area contributed by atoms with Crippen LogP contribution in [0.5, 0.6) is 0 Å². The maximum Gasteiger partial charge on any atom is 0.256 e. The van der Waals surface area contributed by atoms with Crippen molar-refractivity contribution in [1.29, 1.82) is 0 Å². The van der Waals surface area contributed by atoms with Crippen molar-refractivity contribution in [3.05, 3.63) is 65.9 Å². The number of halogens is 2. The first-order valence-corrected chi connectivity index (χ1v) is 11.9. The van der Waals surface area contributed by atoms with Gasteiger partial charge in [0.25, 0.3) is 5.91 Å². The Morgan fingerprint density at radius 2 is 1.72 bits per heavy atom. The summed E-state index contributed by atoms with van der Waals surface area (Å²) >= 11 is 0. The van der Waals surface area contributed by atoms with Gasteiger partial charge in [-0.1, -0.05) is 32.0 Å². The van der Waals surface area contributed by atoms with Crippen LogP contribution in [0.15, 0.2) is 53.6 Å². The minimum Gasteiger partial charge on any atom is -0.346 e. The van der Waals surface area contributed by atoms with Crippen LogP contribution in [0, 0.1) is 17.6 Å². The van der Waals surface area contributed by atoms with Crippen LogP contribution in [0.1, 0.15) is 24.2 Å². The molecule has 0 saturated carbocycles. The SMILES string of the molecule is CC(C)Cn1cc(C(=O)N2CCN(S(=O)(=O)c3ccc(F)cc3F)CC2)c2ccccc21. The van der Waals surface area contributed by atoms with Gasteiger partial charge in [-0.15, -0.1) is 0 Å². The van der Waals surface area contributed by atoms with Crippen LogP contribution in [0.25, 0.3) is 10.9 Å². The molecule has 0 N–H and O–H groups in total. The quantitative estimate of drug-likeness (QED) is 0.582. The number of para-hydroxylation sites is 1. The molecule has 1 saturated heterocycles. The summed E-state index contributed by atoms with van der Waals surface area (Å²) in [5, 5.41) is 0.863. The van der Waals surface area contributed by atoms with E-state index in [4.69, 9.17) is 0 Å². The highest BCUT2D eigenvalue weighted by Crippen LogP contribution is 2.26. The molecule has 1 aromatic heterocycles. The van der Waals surface area contributed by atoms with Gasteiger partial charge >= 0.3 is 0 Å². The maximum atomic E-state index is 14.1. The second kappa shape index (κ2) is 8.63. The Balaban J connectivity index is 1.53. The van der Waals surface area contributed by atoms with Crippen LogP contribution >= 0.6 is 0 Å². The second-order valence-corrected chi connectivity index (χ2v) is 10.3. The number of nitrogens with zero attached hydrogens (tertiary/aromatic N) is 3. The molecule has 32 heavy (non-hydrogen) atoms. The van der Waals surface area contributed by atoms with E-state index in [1.54, 1.807) is 4.90 Å². The lowest BCUT2D eigenvalue weighted by Gasteiger charge is -2.34.